The van der Waals surface area contributed by atoms with Gasteiger partial charge < -0.3 is 14.4 Å². The minimum Gasteiger partial charge on any atom is -0.484 e. The van der Waals surface area contributed by atoms with E-state index in [0.29, 0.717) is 43.3 Å². The third-order valence-electron chi connectivity index (χ3n) is 5.88. The quantitative estimate of drug-likeness (QED) is 0.332. The molecule has 0 saturated carbocycles. The summed E-state index contributed by atoms with van der Waals surface area (Å²) in [5, 5.41) is 3.98. The van der Waals surface area contributed by atoms with E-state index in [2.05, 4.69) is 10.5 Å². The molecule has 38 heavy (non-hydrogen) atoms. The van der Waals surface area contributed by atoms with E-state index in [1.54, 1.807) is 59.5 Å². The molecule has 0 aromatic heterocycles. The maximum absolute atomic E-state index is 12.8. The van der Waals surface area contributed by atoms with Gasteiger partial charge in [-0.15, -0.1) is 0 Å². The molecule has 1 N–H and O–H groups in total. The Morgan fingerprint density at radius 3 is 2.32 bits per heavy atom. The lowest BCUT2D eigenvalue weighted by Crippen LogP contribution is -2.42. The summed E-state index contributed by atoms with van der Waals surface area (Å²) in [5.41, 5.74) is 3.92. The lowest BCUT2D eigenvalue weighted by molar-refractivity contribution is -0.137. The topological polar surface area (TPSA) is 118 Å². The van der Waals surface area contributed by atoms with Crippen LogP contribution in [0.5, 0.6) is 5.75 Å². The first kappa shape index (κ1) is 26.8. The summed E-state index contributed by atoms with van der Waals surface area (Å²) in [6.45, 7) is 2.17. The molecule has 0 unspecified atom stereocenters. The van der Waals surface area contributed by atoms with Crippen molar-refractivity contribution in [2.24, 2.45) is 5.10 Å². The number of nitrogens with one attached hydrogen (secondary N) is 1. The fourth-order valence-corrected chi connectivity index (χ4v) is 4.86. The average molecular weight is 537 g/mol. The zero-order valence-corrected chi connectivity index (χ0v) is 21.6. The molecule has 4 rings (SSSR count). The molecular weight excluding hydrogens is 508 g/mol. The Morgan fingerprint density at radius 2 is 1.66 bits per heavy atom. The van der Waals surface area contributed by atoms with Crippen molar-refractivity contribution in [1.29, 1.82) is 0 Å². The van der Waals surface area contributed by atoms with Gasteiger partial charge in [-0.1, -0.05) is 18.2 Å². The summed E-state index contributed by atoms with van der Waals surface area (Å²) in [4.78, 5) is 26.5. The summed E-state index contributed by atoms with van der Waals surface area (Å²) in [6.07, 6.45) is 1.48. The highest BCUT2D eigenvalue weighted by molar-refractivity contribution is 7.92. The number of ether oxygens (including phenoxy) is 2. The minimum absolute atomic E-state index is 0.0454. The van der Waals surface area contributed by atoms with Gasteiger partial charge in [-0.2, -0.15) is 5.10 Å². The Bertz CT molecular complexity index is 1370. The second-order valence-electron chi connectivity index (χ2n) is 8.38. The van der Waals surface area contributed by atoms with E-state index in [1.807, 2.05) is 0 Å². The van der Waals surface area contributed by atoms with Crippen LogP contribution in [0, 0.1) is 0 Å². The van der Waals surface area contributed by atoms with E-state index in [0.717, 1.165) is 9.87 Å². The number of hydrogen-bond donors (Lipinski definition) is 1. The summed E-state index contributed by atoms with van der Waals surface area (Å²) >= 11 is 0. The van der Waals surface area contributed by atoms with Crippen LogP contribution in [0.25, 0.3) is 0 Å². The molecule has 0 bridgehead atoms. The van der Waals surface area contributed by atoms with Crippen LogP contribution < -0.4 is 14.5 Å². The van der Waals surface area contributed by atoms with E-state index in [-0.39, 0.29) is 17.4 Å². The zero-order valence-electron chi connectivity index (χ0n) is 20.8. The van der Waals surface area contributed by atoms with Gasteiger partial charge in [0.15, 0.2) is 6.61 Å². The first-order chi connectivity index (χ1) is 18.3. The van der Waals surface area contributed by atoms with Crippen LogP contribution in [0.3, 0.4) is 0 Å². The second-order valence-corrected chi connectivity index (χ2v) is 10.4. The van der Waals surface area contributed by atoms with Gasteiger partial charge >= 0.3 is 0 Å². The van der Waals surface area contributed by atoms with Crippen molar-refractivity contribution in [2.75, 3.05) is 44.3 Å². The average Bonchev–Trinajstić information content (AvgIpc) is 2.97. The molecule has 11 heteroatoms. The molecule has 2 amide bonds. The summed E-state index contributed by atoms with van der Waals surface area (Å²) in [7, 11) is -2.25. The molecule has 1 saturated heterocycles. The maximum atomic E-state index is 12.8. The summed E-state index contributed by atoms with van der Waals surface area (Å²) in [6, 6.07) is 21.2. The van der Waals surface area contributed by atoms with Gasteiger partial charge in [0.05, 0.1) is 30.0 Å². The van der Waals surface area contributed by atoms with Crippen LogP contribution in [0.2, 0.25) is 0 Å². The zero-order chi connectivity index (χ0) is 27.0. The molecule has 10 nitrogen and oxygen atoms in total. The van der Waals surface area contributed by atoms with Crippen molar-refractivity contribution in [2.45, 2.75) is 4.90 Å². The first-order valence-electron chi connectivity index (χ1n) is 11.9. The number of sulfonamides is 1. The monoisotopic (exact) mass is 536 g/mol. The number of benzene rings is 3. The van der Waals surface area contributed by atoms with Crippen molar-refractivity contribution in [3.63, 3.8) is 0 Å². The number of nitrogens with zero attached hydrogens (tertiary/aromatic N) is 3. The van der Waals surface area contributed by atoms with E-state index < -0.39 is 15.9 Å². The molecule has 1 aliphatic rings. The Balaban J connectivity index is 1.27. The highest BCUT2D eigenvalue weighted by Gasteiger charge is 2.21. The smallest absolute Gasteiger partial charge is 0.271 e. The third-order valence-corrected chi connectivity index (χ3v) is 7.68. The van der Waals surface area contributed by atoms with Crippen LogP contribution in [-0.2, 0) is 19.6 Å². The van der Waals surface area contributed by atoms with E-state index in [1.165, 1.54) is 37.5 Å². The highest BCUT2D eigenvalue weighted by Crippen LogP contribution is 2.22. The van der Waals surface area contributed by atoms with Crippen molar-refractivity contribution in [1.82, 2.24) is 10.3 Å². The standard InChI is InChI=1S/C27H28N4O6S/c1-30(38(34,35)25-5-3-2-4-6-25)23-11-9-22(10-12-23)27(33)29-28-19-21-7-13-24(14-8-21)37-20-26(32)31-15-17-36-18-16-31/h2-14,19H,15-18,20H2,1H3,(H,29,33)/b28-19-. The predicted molar refractivity (Wildman–Crippen MR) is 143 cm³/mol. The number of carbonyl (C=O) groups is 2. The van der Waals surface area contributed by atoms with Crippen molar-refractivity contribution < 1.29 is 27.5 Å². The molecule has 1 fully saturated rings. The van der Waals surface area contributed by atoms with Gasteiger partial charge in [-0.25, -0.2) is 13.8 Å². The van der Waals surface area contributed by atoms with E-state index in [4.69, 9.17) is 9.47 Å². The number of hydrazone groups is 1. The van der Waals surface area contributed by atoms with Gasteiger partial charge in [0.25, 0.3) is 21.8 Å². The molecule has 0 aliphatic carbocycles. The van der Waals surface area contributed by atoms with E-state index >= 15 is 0 Å². The number of anilines is 1. The van der Waals surface area contributed by atoms with Gasteiger partial charge in [0.1, 0.15) is 5.75 Å². The summed E-state index contributed by atoms with van der Waals surface area (Å²) in [5.74, 6) is 0.0224. The van der Waals surface area contributed by atoms with Crippen molar-refractivity contribution >= 4 is 33.7 Å². The number of carbonyl (C=O) groups excluding carboxylic acids is 2. The van der Waals surface area contributed by atoms with Crippen LogP contribution in [0.1, 0.15) is 15.9 Å². The SMILES string of the molecule is CN(c1ccc(C(=O)N/N=C\c2ccc(OCC(=O)N3CCOCC3)cc2)cc1)S(=O)(=O)c1ccccc1. The lowest BCUT2D eigenvalue weighted by Gasteiger charge is -2.26. The number of hydrogen-bond acceptors (Lipinski definition) is 7. The Morgan fingerprint density at radius 1 is 1.00 bits per heavy atom. The fraction of sp³-hybridized carbons (Fsp3) is 0.222. The molecule has 3 aromatic rings. The number of amides is 2. The molecule has 3 aromatic carbocycles. The normalized spacial score (nSPS) is 13.8. The van der Waals surface area contributed by atoms with Gasteiger partial charge in [-0.05, 0) is 66.2 Å². The number of rotatable bonds is 9. The van der Waals surface area contributed by atoms with Crippen molar-refractivity contribution in [3.8, 4) is 5.75 Å². The van der Waals surface area contributed by atoms with Crippen LogP contribution in [0.4, 0.5) is 5.69 Å². The Labute approximate surface area is 221 Å². The van der Waals surface area contributed by atoms with Crippen LogP contribution in [-0.4, -0.2) is 71.3 Å². The minimum atomic E-state index is -3.71. The van der Waals surface area contributed by atoms with Crippen molar-refractivity contribution in [3.05, 3.63) is 90.0 Å². The van der Waals surface area contributed by atoms with Gasteiger partial charge in [0, 0.05) is 25.7 Å². The fourth-order valence-electron chi connectivity index (χ4n) is 3.64. The van der Waals surface area contributed by atoms with Gasteiger partial charge in [0.2, 0.25) is 0 Å². The molecule has 1 heterocycles. The molecule has 0 spiro atoms. The largest absolute Gasteiger partial charge is 0.484 e. The molecule has 1 aliphatic heterocycles. The van der Waals surface area contributed by atoms with E-state index in [9.17, 15) is 18.0 Å². The Kier molecular flexibility index (Phi) is 8.72. The predicted octanol–water partition coefficient (Wildman–Crippen LogP) is 2.51. The first-order valence-corrected chi connectivity index (χ1v) is 13.3. The number of morpholine rings is 1. The maximum Gasteiger partial charge on any atom is 0.271 e. The third kappa shape index (κ3) is 6.75. The highest BCUT2D eigenvalue weighted by atomic mass is 32.2. The van der Waals surface area contributed by atoms with Crippen LogP contribution in [0.15, 0.2) is 88.9 Å². The second kappa shape index (κ2) is 12.3. The molecule has 198 valence electrons. The lowest BCUT2D eigenvalue weighted by atomic mass is 10.2. The molecular formula is C27H28N4O6S. The molecule has 0 radical (unpaired) electrons. The summed E-state index contributed by atoms with van der Waals surface area (Å²) < 4.78 is 37.5. The van der Waals surface area contributed by atoms with Crippen LogP contribution >= 0.6 is 0 Å². The molecule has 0 atom stereocenters. The van der Waals surface area contributed by atoms with Gasteiger partial charge in [-0.3, -0.25) is 13.9 Å². The Hall–Kier alpha value is -4.22.